The highest BCUT2D eigenvalue weighted by Crippen LogP contribution is 2.18. The van der Waals surface area contributed by atoms with Crippen molar-refractivity contribution in [3.8, 4) is 0 Å². The first-order valence-electron chi connectivity index (χ1n) is 5.78. The largest absolute Gasteiger partial charge is 0.383 e. The van der Waals surface area contributed by atoms with Gasteiger partial charge in [0.05, 0.1) is 6.61 Å². The van der Waals surface area contributed by atoms with Gasteiger partial charge >= 0.3 is 0 Å². The van der Waals surface area contributed by atoms with Gasteiger partial charge in [-0.15, -0.1) is 0 Å². The van der Waals surface area contributed by atoms with Crippen molar-refractivity contribution in [1.82, 2.24) is 10.2 Å². The van der Waals surface area contributed by atoms with Crippen LogP contribution in [0.2, 0.25) is 0 Å². The third-order valence-electron chi connectivity index (χ3n) is 2.91. The number of nitrogens with one attached hydrogen (secondary N) is 1. The van der Waals surface area contributed by atoms with E-state index in [4.69, 9.17) is 4.74 Å². The zero-order valence-electron chi connectivity index (χ0n) is 9.75. The second kappa shape index (κ2) is 6.38. The minimum Gasteiger partial charge on any atom is -0.383 e. The predicted octanol–water partition coefficient (Wildman–Crippen LogP) is 1.10. The van der Waals surface area contributed by atoms with E-state index in [0.29, 0.717) is 6.04 Å². The van der Waals surface area contributed by atoms with Crippen LogP contribution in [0.15, 0.2) is 0 Å². The Hall–Kier alpha value is -0.120. The molecule has 1 aliphatic rings. The number of hydrogen-bond acceptors (Lipinski definition) is 3. The second-order valence-electron chi connectivity index (χ2n) is 4.01. The lowest BCUT2D eigenvalue weighted by Crippen LogP contribution is -2.45. The Morgan fingerprint density at radius 1 is 1.36 bits per heavy atom. The Morgan fingerprint density at radius 3 is 2.43 bits per heavy atom. The molecule has 0 spiro atoms. The molecule has 1 atom stereocenters. The average molecular weight is 200 g/mol. The number of nitrogens with zero attached hydrogens (tertiary/aromatic N) is 1. The summed E-state index contributed by atoms with van der Waals surface area (Å²) in [6.07, 6.45) is 2.72. The van der Waals surface area contributed by atoms with Crippen molar-refractivity contribution in [3.05, 3.63) is 0 Å². The third kappa shape index (κ3) is 3.95. The first-order valence-corrected chi connectivity index (χ1v) is 5.78. The molecule has 1 saturated carbocycles. The molecule has 0 aromatic rings. The smallest absolute Gasteiger partial charge is 0.0630 e. The standard InChI is InChI=1S/C11H24N2O/c1-4-13(5-2)11(9-14-3)8-12-10-6-7-10/h10-12H,4-9H2,1-3H3. The van der Waals surface area contributed by atoms with Crippen LogP contribution in [0, 0.1) is 0 Å². The van der Waals surface area contributed by atoms with Crippen molar-refractivity contribution in [3.63, 3.8) is 0 Å². The Bertz CT molecular complexity index is 144. The van der Waals surface area contributed by atoms with Gasteiger partial charge in [0.15, 0.2) is 0 Å². The lowest BCUT2D eigenvalue weighted by molar-refractivity contribution is 0.0956. The Balaban J connectivity index is 2.26. The van der Waals surface area contributed by atoms with E-state index in [2.05, 4.69) is 24.1 Å². The Kier molecular flexibility index (Phi) is 5.45. The van der Waals surface area contributed by atoms with E-state index in [1.54, 1.807) is 7.11 Å². The van der Waals surface area contributed by atoms with Gasteiger partial charge in [-0.05, 0) is 25.9 Å². The zero-order chi connectivity index (χ0) is 10.4. The van der Waals surface area contributed by atoms with Gasteiger partial charge in [-0.1, -0.05) is 13.8 Å². The van der Waals surface area contributed by atoms with Crippen molar-refractivity contribution in [1.29, 1.82) is 0 Å². The maximum absolute atomic E-state index is 5.26. The monoisotopic (exact) mass is 200 g/mol. The molecule has 0 aromatic carbocycles. The fourth-order valence-corrected chi connectivity index (χ4v) is 1.82. The van der Waals surface area contributed by atoms with Gasteiger partial charge in [-0.25, -0.2) is 0 Å². The molecule has 0 heterocycles. The van der Waals surface area contributed by atoms with Crippen LogP contribution in [0.3, 0.4) is 0 Å². The summed E-state index contributed by atoms with van der Waals surface area (Å²) >= 11 is 0. The van der Waals surface area contributed by atoms with Crippen LogP contribution in [-0.4, -0.2) is 50.3 Å². The first-order chi connectivity index (χ1) is 6.81. The topological polar surface area (TPSA) is 24.5 Å². The van der Waals surface area contributed by atoms with Gasteiger partial charge < -0.3 is 10.1 Å². The quantitative estimate of drug-likeness (QED) is 0.635. The van der Waals surface area contributed by atoms with E-state index in [9.17, 15) is 0 Å². The molecular weight excluding hydrogens is 176 g/mol. The Morgan fingerprint density at radius 2 is 2.00 bits per heavy atom. The van der Waals surface area contributed by atoms with Gasteiger partial charge in [-0.3, -0.25) is 4.90 Å². The van der Waals surface area contributed by atoms with Crippen molar-refractivity contribution in [2.45, 2.75) is 38.8 Å². The van der Waals surface area contributed by atoms with Crippen LogP contribution in [0.1, 0.15) is 26.7 Å². The summed E-state index contributed by atoms with van der Waals surface area (Å²) in [7, 11) is 1.79. The average Bonchev–Trinajstić information content (AvgIpc) is 2.99. The molecule has 14 heavy (non-hydrogen) atoms. The van der Waals surface area contributed by atoms with Crippen molar-refractivity contribution < 1.29 is 4.74 Å². The lowest BCUT2D eigenvalue weighted by atomic mass is 10.2. The number of hydrogen-bond donors (Lipinski definition) is 1. The zero-order valence-corrected chi connectivity index (χ0v) is 9.75. The molecule has 0 amide bonds. The summed E-state index contributed by atoms with van der Waals surface area (Å²) in [6.45, 7) is 8.54. The van der Waals surface area contributed by atoms with Crippen LogP contribution in [0.25, 0.3) is 0 Å². The molecular formula is C11H24N2O. The maximum Gasteiger partial charge on any atom is 0.0630 e. The summed E-state index contributed by atoms with van der Waals surface area (Å²) in [5.74, 6) is 0. The van der Waals surface area contributed by atoms with E-state index < -0.39 is 0 Å². The van der Waals surface area contributed by atoms with E-state index in [1.165, 1.54) is 12.8 Å². The van der Waals surface area contributed by atoms with Gasteiger partial charge in [0.1, 0.15) is 0 Å². The maximum atomic E-state index is 5.26. The van der Waals surface area contributed by atoms with Crippen LogP contribution < -0.4 is 5.32 Å². The highest BCUT2D eigenvalue weighted by molar-refractivity contribution is 4.83. The van der Waals surface area contributed by atoms with E-state index in [1.807, 2.05) is 0 Å². The van der Waals surface area contributed by atoms with Crippen molar-refractivity contribution in [2.75, 3.05) is 33.4 Å². The number of methoxy groups -OCH3 is 1. The van der Waals surface area contributed by atoms with Crippen LogP contribution in [-0.2, 0) is 4.74 Å². The molecule has 1 fully saturated rings. The molecule has 3 heteroatoms. The second-order valence-corrected chi connectivity index (χ2v) is 4.01. The molecule has 1 N–H and O–H groups in total. The molecule has 0 aliphatic heterocycles. The molecule has 0 saturated heterocycles. The summed E-state index contributed by atoms with van der Waals surface area (Å²) in [6, 6.07) is 1.33. The van der Waals surface area contributed by atoms with Crippen molar-refractivity contribution in [2.24, 2.45) is 0 Å². The first kappa shape index (κ1) is 12.0. The molecule has 3 nitrogen and oxygen atoms in total. The van der Waals surface area contributed by atoms with Crippen molar-refractivity contribution >= 4 is 0 Å². The van der Waals surface area contributed by atoms with Gasteiger partial charge in [-0.2, -0.15) is 0 Å². The normalized spacial score (nSPS) is 18.9. The van der Waals surface area contributed by atoms with Gasteiger partial charge in [0, 0.05) is 25.7 Å². The predicted molar refractivity (Wildman–Crippen MR) is 59.6 cm³/mol. The highest BCUT2D eigenvalue weighted by Gasteiger charge is 2.23. The van der Waals surface area contributed by atoms with E-state index in [0.717, 1.165) is 32.3 Å². The SMILES string of the molecule is CCN(CC)C(CNC1CC1)COC. The summed E-state index contributed by atoms with van der Waals surface area (Å²) in [5, 5.41) is 3.57. The fourth-order valence-electron chi connectivity index (χ4n) is 1.82. The Labute approximate surface area is 87.8 Å². The number of likely N-dealkylation sites (N-methyl/N-ethyl adjacent to an activating group) is 1. The minimum atomic E-state index is 0.538. The summed E-state index contributed by atoms with van der Waals surface area (Å²) in [4.78, 5) is 2.46. The number of ether oxygens (including phenoxy) is 1. The summed E-state index contributed by atoms with van der Waals surface area (Å²) < 4.78 is 5.26. The molecule has 1 unspecified atom stereocenters. The highest BCUT2D eigenvalue weighted by atomic mass is 16.5. The van der Waals surface area contributed by atoms with E-state index in [-0.39, 0.29) is 0 Å². The molecule has 1 aliphatic carbocycles. The molecule has 0 bridgehead atoms. The molecule has 84 valence electrons. The fraction of sp³-hybridized carbons (Fsp3) is 1.00. The van der Waals surface area contributed by atoms with Crippen LogP contribution >= 0.6 is 0 Å². The molecule has 0 radical (unpaired) electrons. The number of rotatable bonds is 8. The minimum absolute atomic E-state index is 0.538. The van der Waals surface area contributed by atoms with Crippen LogP contribution in [0.5, 0.6) is 0 Å². The third-order valence-corrected chi connectivity index (χ3v) is 2.91. The molecule has 0 aromatic heterocycles. The van der Waals surface area contributed by atoms with Gasteiger partial charge in [0.2, 0.25) is 0 Å². The van der Waals surface area contributed by atoms with Crippen LogP contribution in [0.4, 0.5) is 0 Å². The van der Waals surface area contributed by atoms with E-state index >= 15 is 0 Å². The molecule has 1 rings (SSSR count). The lowest BCUT2D eigenvalue weighted by Gasteiger charge is -2.29. The summed E-state index contributed by atoms with van der Waals surface area (Å²) in [5.41, 5.74) is 0. The van der Waals surface area contributed by atoms with Gasteiger partial charge in [0.25, 0.3) is 0 Å².